The lowest BCUT2D eigenvalue weighted by Gasteiger charge is -2.18. The van der Waals surface area contributed by atoms with Crippen LogP contribution in [0.3, 0.4) is 0 Å². The van der Waals surface area contributed by atoms with Crippen molar-refractivity contribution >= 4 is 11.6 Å². The van der Waals surface area contributed by atoms with Gasteiger partial charge in [-0.05, 0) is 32.6 Å². The van der Waals surface area contributed by atoms with E-state index in [2.05, 4.69) is 36.1 Å². The summed E-state index contributed by atoms with van der Waals surface area (Å²) in [6, 6.07) is 0.408. The van der Waals surface area contributed by atoms with Gasteiger partial charge in [0, 0.05) is 18.0 Å². The van der Waals surface area contributed by atoms with Gasteiger partial charge in [-0.15, -0.1) is 0 Å². The predicted molar refractivity (Wildman–Crippen MR) is 77.7 cm³/mol. The van der Waals surface area contributed by atoms with Gasteiger partial charge in [0.2, 0.25) is 0 Å². The highest BCUT2D eigenvalue weighted by Crippen LogP contribution is 2.19. The zero-order valence-electron chi connectivity index (χ0n) is 12.2. The average Bonchev–Trinajstić information content (AvgIpc) is 2.32. The lowest BCUT2D eigenvalue weighted by atomic mass is 10.0. The maximum absolute atomic E-state index is 5.90. The highest BCUT2D eigenvalue weighted by molar-refractivity contribution is 5.55. The van der Waals surface area contributed by atoms with E-state index in [-0.39, 0.29) is 0 Å². The number of aryl methyl sites for hydroxylation is 1. The van der Waals surface area contributed by atoms with Gasteiger partial charge in [0.05, 0.1) is 0 Å². The van der Waals surface area contributed by atoms with Crippen molar-refractivity contribution in [3.8, 4) is 0 Å². The Morgan fingerprint density at radius 3 is 2.39 bits per heavy atom. The van der Waals surface area contributed by atoms with Crippen LogP contribution in [0.2, 0.25) is 0 Å². The van der Waals surface area contributed by atoms with E-state index >= 15 is 0 Å². The van der Waals surface area contributed by atoms with Crippen LogP contribution in [0.1, 0.15) is 51.9 Å². The van der Waals surface area contributed by atoms with Crippen LogP contribution in [0.15, 0.2) is 0 Å². The van der Waals surface area contributed by atoms with Gasteiger partial charge in [-0.3, -0.25) is 0 Å². The van der Waals surface area contributed by atoms with E-state index in [0.29, 0.717) is 11.9 Å². The van der Waals surface area contributed by atoms with Crippen LogP contribution in [0.4, 0.5) is 11.6 Å². The van der Waals surface area contributed by atoms with Gasteiger partial charge in [-0.1, -0.05) is 20.8 Å². The van der Waals surface area contributed by atoms with Crippen molar-refractivity contribution in [1.29, 1.82) is 0 Å². The van der Waals surface area contributed by atoms with Gasteiger partial charge in [-0.2, -0.15) is 0 Å². The van der Waals surface area contributed by atoms with Crippen LogP contribution in [0.5, 0.6) is 0 Å². The van der Waals surface area contributed by atoms with Crippen LogP contribution in [0, 0.1) is 12.8 Å². The summed E-state index contributed by atoms with van der Waals surface area (Å²) in [5.41, 5.74) is 6.85. The average molecular weight is 250 g/mol. The summed E-state index contributed by atoms with van der Waals surface area (Å²) in [7, 11) is 0. The molecular weight excluding hydrogens is 224 g/mol. The number of hydrogen-bond acceptors (Lipinski definition) is 4. The van der Waals surface area contributed by atoms with E-state index in [9.17, 15) is 0 Å². The summed E-state index contributed by atoms with van der Waals surface area (Å²) in [5.74, 6) is 3.00. The molecule has 1 aromatic heterocycles. The first-order valence-electron chi connectivity index (χ1n) is 6.83. The molecule has 0 spiro atoms. The summed E-state index contributed by atoms with van der Waals surface area (Å²) in [6.07, 6.45) is 3.16. The smallest absolute Gasteiger partial charge is 0.134 e. The molecule has 1 unspecified atom stereocenters. The van der Waals surface area contributed by atoms with Gasteiger partial charge in [-0.25, -0.2) is 9.97 Å². The Hall–Kier alpha value is -1.32. The van der Waals surface area contributed by atoms with E-state index in [1.54, 1.807) is 0 Å². The lowest BCUT2D eigenvalue weighted by Crippen LogP contribution is -2.19. The van der Waals surface area contributed by atoms with Crippen molar-refractivity contribution in [3.05, 3.63) is 11.4 Å². The van der Waals surface area contributed by atoms with Crippen LogP contribution in [-0.4, -0.2) is 16.0 Å². The number of aromatic nitrogens is 2. The molecule has 0 amide bonds. The molecule has 1 rings (SSSR count). The quantitative estimate of drug-likeness (QED) is 0.814. The molecule has 0 aliphatic rings. The second-order valence-electron chi connectivity index (χ2n) is 5.37. The largest absolute Gasteiger partial charge is 0.383 e. The van der Waals surface area contributed by atoms with E-state index in [4.69, 9.17) is 5.73 Å². The highest BCUT2D eigenvalue weighted by Gasteiger charge is 2.10. The number of nitrogens with one attached hydrogen (secondary N) is 1. The molecule has 18 heavy (non-hydrogen) atoms. The summed E-state index contributed by atoms with van der Waals surface area (Å²) in [6.45, 7) is 10.7. The van der Waals surface area contributed by atoms with Gasteiger partial charge in [0.15, 0.2) is 0 Å². The third kappa shape index (κ3) is 4.17. The Morgan fingerprint density at radius 2 is 1.83 bits per heavy atom. The Balaban J connectivity index is 2.74. The van der Waals surface area contributed by atoms with Gasteiger partial charge >= 0.3 is 0 Å². The topological polar surface area (TPSA) is 63.8 Å². The fourth-order valence-corrected chi connectivity index (χ4v) is 1.77. The summed E-state index contributed by atoms with van der Waals surface area (Å²) < 4.78 is 0. The van der Waals surface area contributed by atoms with Gasteiger partial charge in [0.25, 0.3) is 0 Å². The zero-order chi connectivity index (χ0) is 13.7. The van der Waals surface area contributed by atoms with Crippen molar-refractivity contribution in [1.82, 2.24) is 9.97 Å². The molecule has 0 aliphatic heterocycles. The van der Waals surface area contributed by atoms with Crippen LogP contribution in [0.25, 0.3) is 0 Å². The molecule has 0 fully saturated rings. The molecule has 0 radical (unpaired) electrons. The number of nitrogens with two attached hydrogens (primary N) is 1. The van der Waals surface area contributed by atoms with Crippen molar-refractivity contribution in [3.63, 3.8) is 0 Å². The van der Waals surface area contributed by atoms with E-state index in [1.807, 2.05) is 13.8 Å². The van der Waals surface area contributed by atoms with Crippen LogP contribution >= 0.6 is 0 Å². The standard InChI is InChI=1S/C14H26N4/c1-6-12-17-13(15)11(5)14(18-12)16-10(4)8-7-9(2)3/h9-10H,6-8H2,1-5H3,(H3,15,16,17,18). The minimum Gasteiger partial charge on any atom is -0.383 e. The SMILES string of the molecule is CCc1nc(N)c(C)c(NC(C)CCC(C)C)n1. The molecule has 3 N–H and O–H groups in total. The maximum atomic E-state index is 5.90. The maximum Gasteiger partial charge on any atom is 0.134 e. The summed E-state index contributed by atoms with van der Waals surface area (Å²) >= 11 is 0. The fraction of sp³-hybridized carbons (Fsp3) is 0.714. The van der Waals surface area contributed by atoms with Crippen molar-refractivity contribution in [2.45, 2.75) is 59.9 Å². The molecule has 1 heterocycles. The molecule has 0 aliphatic carbocycles. The summed E-state index contributed by atoms with van der Waals surface area (Å²) in [5, 5.41) is 3.45. The molecule has 102 valence electrons. The minimum absolute atomic E-state index is 0.408. The van der Waals surface area contributed by atoms with Gasteiger partial charge in [0.1, 0.15) is 17.5 Å². The molecule has 1 atom stereocenters. The molecule has 0 bridgehead atoms. The Kier molecular flexibility index (Phi) is 5.38. The first-order chi connectivity index (χ1) is 8.43. The monoisotopic (exact) mass is 250 g/mol. The lowest BCUT2D eigenvalue weighted by molar-refractivity contribution is 0.527. The Bertz CT molecular complexity index is 388. The summed E-state index contributed by atoms with van der Waals surface area (Å²) in [4.78, 5) is 8.78. The highest BCUT2D eigenvalue weighted by atomic mass is 15.1. The van der Waals surface area contributed by atoms with Gasteiger partial charge < -0.3 is 11.1 Å². The third-order valence-electron chi connectivity index (χ3n) is 3.11. The fourth-order valence-electron chi connectivity index (χ4n) is 1.77. The van der Waals surface area contributed by atoms with Crippen molar-refractivity contribution in [2.24, 2.45) is 5.92 Å². The number of hydrogen-bond donors (Lipinski definition) is 2. The molecule has 4 heteroatoms. The van der Waals surface area contributed by atoms with E-state index < -0.39 is 0 Å². The zero-order valence-corrected chi connectivity index (χ0v) is 12.2. The molecule has 1 aromatic rings. The van der Waals surface area contributed by atoms with Crippen LogP contribution < -0.4 is 11.1 Å². The molecule has 0 saturated heterocycles. The first kappa shape index (κ1) is 14.7. The normalized spacial score (nSPS) is 12.8. The van der Waals surface area contributed by atoms with Crippen molar-refractivity contribution in [2.75, 3.05) is 11.1 Å². The van der Waals surface area contributed by atoms with E-state index in [1.165, 1.54) is 6.42 Å². The molecule has 4 nitrogen and oxygen atoms in total. The third-order valence-corrected chi connectivity index (χ3v) is 3.11. The molecule has 0 aromatic carbocycles. The predicted octanol–water partition coefficient (Wildman–Crippen LogP) is 3.17. The second-order valence-corrected chi connectivity index (χ2v) is 5.37. The molecule has 0 saturated carbocycles. The first-order valence-corrected chi connectivity index (χ1v) is 6.83. The number of nitrogen functional groups attached to an aromatic ring is 1. The second kappa shape index (κ2) is 6.57. The van der Waals surface area contributed by atoms with Crippen molar-refractivity contribution < 1.29 is 0 Å². The minimum atomic E-state index is 0.408. The number of anilines is 2. The number of nitrogens with zero attached hydrogens (tertiary/aromatic N) is 2. The van der Waals surface area contributed by atoms with E-state index in [0.717, 1.165) is 36.0 Å². The Morgan fingerprint density at radius 1 is 1.17 bits per heavy atom. The Labute approximate surface area is 110 Å². The molecular formula is C14H26N4. The van der Waals surface area contributed by atoms with Crippen LogP contribution in [-0.2, 0) is 6.42 Å². The number of rotatable bonds is 6.